The van der Waals surface area contributed by atoms with Gasteiger partial charge in [-0.3, -0.25) is 4.79 Å². The van der Waals surface area contributed by atoms with Gasteiger partial charge in [0.25, 0.3) is 0 Å². The van der Waals surface area contributed by atoms with E-state index in [0.717, 1.165) is 6.42 Å². The lowest BCUT2D eigenvalue weighted by Crippen LogP contribution is -2.23. The van der Waals surface area contributed by atoms with Crippen LogP contribution in [0, 0.1) is 17.7 Å². The average molecular weight is 282 g/mol. The molecule has 3 N–H and O–H groups in total. The van der Waals surface area contributed by atoms with E-state index < -0.39 is 5.82 Å². The zero-order valence-corrected chi connectivity index (χ0v) is 12.3. The number of nitrogens with one attached hydrogen (secondary N) is 1. The highest BCUT2D eigenvalue weighted by atomic mass is 19.1. The zero-order chi connectivity index (χ0) is 15.1. The fraction of sp³-hybridized carbons (Fsp3) is 0.533. The maximum Gasteiger partial charge on any atom is 0.224 e. The Hall–Kier alpha value is -1.62. The van der Waals surface area contributed by atoms with E-state index in [1.807, 2.05) is 0 Å². The topological polar surface area (TPSA) is 64.3 Å². The van der Waals surface area contributed by atoms with Crippen molar-refractivity contribution in [3.8, 4) is 5.75 Å². The molecule has 112 valence electrons. The first-order valence-corrected chi connectivity index (χ1v) is 6.79. The Kier molecular flexibility index (Phi) is 6.45. The molecule has 20 heavy (non-hydrogen) atoms. The number of amides is 1. The maximum absolute atomic E-state index is 13.1. The van der Waals surface area contributed by atoms with Crippen molar-refractivity contribution >= 4 is 11.6 Å². The SMILES string of the molecule is COc1cc(F)ccc1NC(=O)CC(CN)CC(C)C. The number of carbonyl (C=O) groups excluding carboxylic acids is 1. The van der Waals surface area contributed by atoms with Crippen LogP contribution in [0.3, 0.4) is 0 Å². The van der Waals surface area contributed by atoms with Crippen molar-refractivity contribution in [3.05, 3.63) is 24.0 Å². The summed E-state index contributed by atoms with van der Waals surface area (Å²) in [5.41, 5.74) is 6.16. The molecule has 0 aliphatic heterocycles. The Bertz CT molecular complexity index is 449. The normalized spacial score (nSPS) is 12.3. The smallest absolute Gasteiger partial charge is 0.224 e. The molecule has 4 nitrogen and oxygen atoms in total. The third-order valence-corrected chi connectivity index (χ3v) is 3.05. The highest BCUT2D eigenvalue weighted by Gasteiger charge is 2.15. The third kappa shape index (κ3) is 5.17. The van der Waals surface area contributed by atoms with Crippen molar-refractivity contribution in [3.63, 3.8) is 0 Å². The average Bonchev–Trinajstić information content (AvgIpc) is 2.39. The highest BCUT2D eigenvalue weighted by molar-refractivity contribution is 5.92. The van der Waals surface area contributed by atoms with E-state index in [1.165, 1.54) is 25.3 Å². The number of halogens is 1. The first-order chi connectivity index (χ1) is 9.46. The summed E-state index contributed by atoms with van der Waals surface area (Å²) in [5, 5.41) is 2.74. The number of ether oxygens (including phenoxy) is 1. The molecule has 1 aromatic carbocycles. The van der Waals surface area contributed by atoms with Gasteiger partial charge < -0.3 is 15.8 Å². The zero-order valence-electron chi connectivity index (χ0n) is 12.3. The molecule has 0 fully saturated rings. The second-order valence-electron chi connectivity index (χ2n) is 5.33. The Labute approximate surface area is 119 Å². The number of hydrogen-bond donors (Lipinski definition) is 2. The van der Waals surface area contributed by atoms with Crippen LogP contribution in [0.5, 0.6) is 5.75 Å². The summed E-state index contributed by atoms with van der Waals surface area (Å²) >= 11 is 0. The Morgan fingerprint density at radius 3 is 2.70 bits per heavy atom. The minimum Gasteiger partial charge on any atom is -0.494 e. The molecule has 5 heteroatoms. The van der Waals surface area contributed by atoms with E-state index in [-0.39, 0.29) is 11.8 Å². The summed E-state index contributed by atoms with van der Waals surface area (Å²) in [5.74, 6) is 0.426. The van der Waals surface area contributed by atoms with Crippen LogP contribution in [0.2, 0.25) is 0 Å². The highest BCUT2D eigenvalue weighted by Crippen LogP contribution is 2.25. The van der Waals surface area contributed by atoms with Gasteiger partial charge in [0, 0.05) is 12.5 Å². The number of hydrogen-bond acceptors (Lipinski definition) is 3. The maximum atomic E-state index is 13.1. The molecule has 1 amide bonds. The van der Waals surface area contributed by atoms with Crippen molar-refractivity contribution in [1.29, 1.82) is 0 Å². The largest absolute Gasteiger partial charge is 0.494 e. The standard InChI is InChI=1S/C15H23FN2O2/c1-10(2)6-11(9-17)7-15(19)18-13-5-4-12(16)8-14(13)20-3/h4-5,8,10-11H,6-7,9,17H2,1-3H3,(H,18,19). The van der Waals surface area contributed by atoms with E-state index in [1.54, 1.807) is 0 Å². The van der Waals surface area contributed by atoms with Gasteiger partial charge in [0.1, 0.15) is 11.6 Å². The number of rotatable bonds is 7. The molecule has 0 radical (unpaired) electrons. The molecule has 0 heterocycles. The molecule has 0 bridgehead atoms. The quantitative estimate of drug-likeness (QED) is 0.808. The minimum absolute atomic E-state index is 0.133. The lowest BCUT2D eigenvalue weighted by Gasteiger charge is -2.17. The first kappa shape index (κ1) is 16.4. The van der Waals surface area contributed by atoms with Crippen LogP contribution in [-0.4, -0.2) is 19.6 Å². The summed E-state index contributed by atoms with van der Waals surface area (Å²) in [6.45, 7) is 4.68. The number of methoxy groups -OCH3 is 1. The van der Waals surface area contributed by atoms with Gasteiger partial charge in [-0.1, -0.05) is 13.8 Å². The summed E-state index contributed by atoms with van der Waals surface area (Å²) in [6.07, 6.45) is 1.26. The van der Waals surface area contributed by atoms with Gasteiger partial charge in [-0.25, -0.2) is 4.39 Å². The lowest BCUT2D eigenvalue weighted by atomic mass is 9.94. The molecular formula is C15H23FN2O2. The van der Waals surface area contributed by atoms with Gasteiger partial charge in [0.15, 0.2) is 0 Å². The van der Waals surface area contributed by atoms with Crippen LogP contribution in [-0.2, 0) is 4.79 Å². The van der Waals surface area contributed by atoms with Crippen molar-refractivity contribution in [2.45, 2.75) is 26.7 Å². The van der Waals surface area contributed by atoms with E-state index in [2.05, 4.69) is 19.2 Å². The monoisotopic (exact) mass is 282 g/mol. The van der Waals surface area contributed by atoms with Crippen LogP contribution in [0.1, 0.15) is 26.7 Å². The molecule has 0 spiro atoms. The van der Waals surface area contributed by atoms with Crippen LogP contribution in [0.4, 0.5) is 10.1 Å². The van der Waals surface area contributed by atoms with Crippen LogP contribution in [0.15, 0.2) is 18.2 Å². The summed E-state index contributed by atoms with van der Waals surface area (Å²) < 4.78 is 18.1. The van der Waals surface area contributed by atoms with Gasteiger partial charge in [-0.05, 0) is 36.9 Å². The number of benzene rings is 1. The number of anilines is 1. The first-order valence-electron chi connectivity index (χ1n) is 6.79. The second-order valence-corrected chi connectivity index (χ2v) is 5.33. The van der Waals surface area contributed by atoms with E-state index in [0.29, 0.717) is 30.3 Å². The van der Waals surface area contributed by atoms with E-state index in [9.17, 15) is 9.18 Å². The molecule has 0 saturated carbocycles. The molecule has 0 saturated heterocycles. The fourth-order valence-corrected chi connectivity index (χ4v) is 2.16. The van der Waals surface area contributed by atoms with E-state index in [4.69, 9.17) is 10.5 Å². The van der Waals surface area contributed by atoms with E-state index >= 15 is 0 Å². The van der Waals surface area contributed by atoms with Gasteiger partial charge in [0.05, 0.1) is 12.8 Å². The molecule has 0 aliphatic carbocycles. The Morgan fingerprint density at radius 1 is 1.45 bits per heavy atom. The predicted molar refractivity (Wildman–Crippen MR) is 78.2 cm³/mol. The molecule has 0 aromatic heterocycles. The molecule has 1 atom stereocenters. The van der Waals surface area contributed by atoms with Crippen molar-refractivity contribution < 1.29 is 13.9 Å². The lowest BCUT2D eigenvalue weighted by molar-refractivity contribution is -0.117. The summed E-state index contributed by atoms with van der Waals surface area (Å²) in [6, 6.07) is 4.02. The second kappa shape index (κ2) is 7.85. The van der Waals surface area contributed by atoms with Crippen molar-refractivity contribution in [2.75, 3.05) is 19.0 Å². The van der Waals surface area contributed by atoms with Crippen LogP contribution >= 0.6 is 0 Å². The van der Waals surface area contributed by atoms with Crippen molar-refractivity contribution in [1.82, 2.24) is 0 Å². The number of nitrogens with two attached hydrogens (primary N) is 1. The van der Waals surface area contributed by atoms with Crippen molar-refractivity contribution in [2.24, 2.45) is 17.6 Å². The van der Waals surface area contributed by atoms with Gasteiger partial charge in [0.2, 0.25) is 5.91 Å². The third-order valence-electron chi connectivity index (χ3n) is 3.05. The molecule has 1 rings (SSSR count). The molecular weight excluding hydrogens is 259 g/mol. The van der Waals surface area contributed by atoms with Crippen LogP contribution < -0.4 is 15.8 Å². The molecule has 1 aromatic rings. The van der Waals surface area contributed by atoms with Gasteiger partial charge in [-0.15, -0.1) is 0 Å². The molecule has 1 unspecified atom stereocenters. The summed E-state index contributed by atoms with van der Waals surface area (Å²) in [4.78, 5) is 12.0. The predicted octanol–water partition coefficient (Wildman–Crippen LogP) is 2.78. The minimum atomic E-state index is -0.403. The summed E-state index contributed by atoms with van der Waals surface area (Å²) in [7, 11) is 1.44. The molecule has 0 aliphatic rings. The Balaban J connectivity index is 2.66. The van der Waals surface area contributed by atoms with Crippen LogP contribution in [0.25, 0.3) is 0 Å². The number of carbonyl (C=O) groups is 1. The Morgan fingerprint density at radius 2 is 2.15 bits per heavy atom. The van der Waals surface area contributed by atoms with Gasteiger partial charge in [-0.2, -0.15) is 0 Å². The van der Waals surface area contributed by atoms with Gasteiger partial charge >= 0.3 is 0 Å². The fourth-order valence-electron chi connectivity index (χ4n) is 2.16.